The van der Waals surface area contributed by atoms with Crippen molar-refractivity contribution >= 4 is 16.3 Å². The molecule has 1 unspecified atom stereocenters. The van der Waals surface area contributed by atoms with Gasteiger partial charge in [0.2, 0.25) is 0 Å². The van der Waals surface area contributed by atoms with Gasteiger partial charge in [-0.05, 0) is 24.9 Å². The van der Waals surface area contributed by atoms with Crippen LogP contribution in [0.3, 0.4) is 0 Å². The Morgan fingerprint density at radius 1 is 1.69 bits per heavy atom. The zero-order chi connectivity index (χ0) is 9.84. The first-order valence-electron chi connectivity index (χ1n) is 4.09. The second kappa shape index (κ2) is 4.34. The van der Waals surface area contributed by atoms with Crippen LogP contribution in [0.4, 0.5) is 5.00 Å². The predicted octanol–water partition coefficient (Wildman–Crippen LogP) is 2.11. The molecule has 0 aromatic carbocycles. The molecule has 4 nitrogen and oxygen atoms in total. The Morgan fingerprint density at radius 3 is 2.85 bits per heavy atom. The van der Waals surface area contributed by atoms with Crippen molar-refractivity contribution in [1.29, 1.82) is 0 Å². The van der Waals surface area contributed by atoms with Gasteiger partial charge in [0.1, 0.15) is 0 Å². The molecule has 1 atom stereocenters. The van der Waals surface area contributed by atoms with Gasteiger partial charge in [-0.1, -0.05) is 18.3 Å². The molecule has 0 aliphatic heterocycles. The minimum absolute atomic E-state index is 0.207. The van der Waals surface area contributed by atoms with Crippen LogP contribution < -0.4 is 5.73 Å². The molecule has 0 saturated heterocycles. The lowest BCUT2D eigenvalue weighted by molar-refractivity contribution is -0.380. The van der Waals surface area contributed by atoms with Crippen LogP contribution in [0.15, 0.2) is 12.1 Å². The normalized spacial score (nSPS) is 12.8. The number of nitrogens with zero attached hydrogens (tertiary/aromatic N) is 1. The van der Waals surface area contributed by atoms with E-state index in [4.69, 9.17) is 5.73 Å². The van der Waals surface area contributed by atoms with Crippen LogP contribution in [-0.4, -0.2) is 11.5 Å². The van der Waals surface area contributed by atoms with Crippen LogP contribution in [0.25, 0.3) is 0 Å². The first-order valence-corrected chi connectivity index (χ1v) is 4.91. The Kier molecular flexibility index (Phi) is 3.39. The van der Waals surface area contributed by atoms with Gasteiger partial charge in [0.25, 0.3) is 0 Å². The van der Waals surface area contributed by atoms with Gasteiger partial charge in [0.15, 0.2) is 0 Å². The summed E-state index contributed by atoms with van der Waals surface area (Å²) in [5.74, 6) is 0.323. The van der Waals surface area contributed by atoms with Crippen molar-refractivity contribution in [2.45, 2.75) is 19.3 Å². The van der Waals surface area contributed by atoms with E-state index in [1.165, 1.54) is 11.3 Å². The molecule has 0 amide bonds. The van der Waals surface area contributed by atoms with E-state index in [0.717, 1.165) is 11.3 Å². The Bertz CT molecular complexity index is 298. The zero-order valence-electron chi connectivity index (χ0n) is 7.40. The van der Waals surface area contributed by atoms with E-state index in [1.54, 1.807) is 6.07 Å². The largest absolute Gasteiger partial charge is 0.330 e. The summed E-state index contributed by atoms with van der Waals surface area (Å²) in [5, 5.41) is 10.6. The number of hydrogen-bond donors (Lipinski definition) is 1. The second-order valence-electron chi connectivity index (χ2n) is 2.91. The highest BCUT2D eigenvalue weighted by Crippen LogP contribution is 2.30. The molecule has 0 fully saturated rings. The van der Waals surface area contributed by atoms with Gasteiger partial charge in [0, 0.05) is 10.9 Å². The van der Waals surface area contributed by atoms with E-state index in [1.807, 2.05) is 13.0 Å². The van der Waals surface area contributed by atoms with E-state index in [-0.39, 0.29) is 9.92 Å². The molecule has 0 saturated carbocycles. The zero-order valence-corrected chi connectivity index (χ0v) is 8.21. The Hall–Kier alpha value is -0.940. The molecule has 1 aromatic rings. The lowest BCUT2D eigenvalue weighted by Crippen LogP contribution is -2.03. The molecule has 1 aromatic heterocycles. The number of nitrogens with two attached hydrogens (primary N) is 1. The number of thiophene rings is 1. The third kappa shape index (κ3) is 2.50. The average molecular weight is 200 g/mol. The monoisotopic (exact) mass is 200 g/mol. The standard InChI is InChI=1S/C8H12N2O2S/c1-6(4-5-9)7-2-3-8(13-7)10(11)12/h2-3,6H,4-5,9H2,1H3. The summed E-state index contributed by atoms with van der Waals surface area (Å²) in [6, 6.07) is 3.36. The van der Waals surface area contributed by atoms with Crippen LogP contribution in [-0.2, 0) is 0 Å². The molecule has 0 aliphatic rings. The summed E-state index contributed by atoms with van der Waals surface area (Å²) in [4.78, 5) is 11.1. The number of hydrogen-bond acceptors (Lipinski definition) is 4. The maximum absolute atomic E-state index is 10.4. The fourth-order valence-corrected chi connectivity index (χ4v) is 2.00. The van der Waals surface area contributed by atoms with E-state index < -0.39 is 0 Å². The smallest absolute Gasteiger partial charge is 0.324 e. The van der Waals surface area contributed by atoms with Crippen molar-refractivity contribution < 1.29 is 4.92 Å². The van der Waals surface area contributed by atoms with Gasteiger partial charge in [-0.25, -0.2) is 0 Å². The third-order valence-electron chi connectivity index (χ3n) is 1.88. The van der Waals surface area contributed by atoms with Crippen LogP contribution >= 0.6 is 11.3 Å². The number of nitro groups is 1. The van der Waals surface area contributed by atoms with Crippen LogP contribution in [0.1, 0.15) is 24.1 Å². The van der Waals surface area contributed by atoms with E-state index in [0.29, 0.717) is 12.5 Å². The van der Waals surface area contributed by atoms with Crippen molar-refractivity contribution in [3.63, 3.8) is 0 Å². The van der Waals surface area contributed by atoms with Gasteiger partial charge >= 0.3 is 5.00 Å². The van der Waals surface area contributed by atoms with Gasteiger partial charge in [0.05, 0.1) is 4.92 Å². The van der Waals surface area contributed by atoms with E-state index >= 15 is 0 Å². The molecule has 0 bridgehead atoms. The summed E-state index contributed by atoms with van der Waals surface area (Å²) < 4.78 is 0. The molecular weight excluding hydrogens is 188 g/mol. The summed E-state index contributed by atoms with van der Waals surface area (Å²) >= 11 is 1.23. The van der Waals surface area contributed by atoms with Gasteiger partial charge in [-0.3, -0.25) is 10.1 Å². The fourth-order valence-electron chi connectivity index (χ4n) is 1.10. The lowest BCUT2D eigenvalue weighted by atomic mass is 10.1. The van der Waals surface area contributed by atoms with Crippen molar-refractivity contribution in [3.05, 3.63) is 27.1 Å². The molecule has 72 valence electrons. The molecule has 2 N–H and O–H groups in total. The van der Waals surface area contributed by atoms with Gasteiger partial charge < -0.3 is 5.73 Å². The first kappa shape index (κ1) is 10.1. The van der Waals surface area contributed by atoms with Crippen LogP contribution in [0.5, 0.6) is 0 Å². The molecule has 13 heavy (non-hydrogen) atoms. The quantitative estimate of drug-likeness (QED) is 0.597. The van der Waals surface area contributed by atoms with Crippen LogP contribution in [0.2, 0.25) is 0 Å². The second-order valence-corrected chi connectivity index (χ2v) is 4.01. The van der Waals surface area contributed by atoms with Crippen molar-refractivity contribution in [3.8, 4) is 0 Å². The van der Waals surface area contributed by atoms with E-state index in [2.05, 4.69) is 0 Å². The Balaban J connectivity index is 2.73. The highest BCUT2D eigenvalue weighted by molar-refractivity contribution is 7.15. The van der Waals surface area contributed by atoms with Crippen molar-refractivity contribution in [2.24, 2.45) is 5.73 Å². The lowest BCUT2D eigenvalue weighted by Gasteiger charge is -2.04. The maximum Gasteiger partial charge on any atom is 0.324 e. The predicted molar refractivity (Wildman–Crippen MR) is 53.1 cm³/mol. The Morgan fingerprint density at radius 2 is 2.38 bits per heavy atom. The summed E-state index contributed by atoms with van der Waals surface area (Å²) in [6.45, 7) is 2.65. The number of rotatable bonds is 4. The molecular formula is C8H12N2O2S. The molecule has 0 spiro atoms. The first-order chi connectivity index (χ1) is 6.15. The highest BCUT2D eigenvalue weighted by Gasteiger charge is 2.13. The third-order valence-corrected chi connectivity index (χ3v) is 3.15. The summed E-state index contributed by atoms with van der Waals surface area (Å²) in [7, 11) is 0. The minimum atomic E-state index is -0.358. The Labute approximate surface area is 80.5 Å². The molecule has 0 radical (unpaired) electrons. The van der Waals surface area contributed by atoms with Gasteiger partial charge in [-0.2, -0.15) is 0 Å². The summed E-state index contributed by atoms with van der Waals surface area (Å²) in [5.41, 5.74) is 5.40. The van der Waals surface area contributed by atoms with Gasteiger partial charge in [-0.15, -0.1) is 0 Å². The van der Waals surface area contributed by atoms with Crippen molar-refractivity contribution in [1.82, 2.24) is 0 Å². The van der Waals surface area contributed by atoms with Crippen LogP contribution in [0, 0.1) is 10.1 Å². The minimum Gasteiger partial charge on any atom is -0.330 e. The average Bonchev–Trinajstić information content (AvgIpc) is 2.52. The summed E-state index contributed by atoms with van der Waals surface area (Å²) in [6.07, 6.45) is 0.873. The fraction of sp³-hybridized carbons (Fsp3) is 0.500. The maximum atomic E-state index is 10.4. The molecule has 5 heteroatoms. The molecule has 0 aliphatic carbocycles. The topological polar surface area (TPSA) is 69.2 Å². The SMILES string of the molecule is CC(CCN)c1ccc([N+](=O)[O-])s1. The van der Waals surface area contributed by atoms with E-state index in [9.17, 15) is 10.1 Å². The molecule has 1 rings (SSSR count). The van der Waals surface area contributed by atoms with Crippen molar-refractivity contribution in [2.75, 3.05) is 6.54 Å². The molecule has 1 heterocycles. The highest BCUT2D eigenvalue weighted by atomic mass is 32.1.